The van der Waals surface area contributed by atoms with Crippen LogP contribution in [-0.4, -0.2) is 46.7 Å². The first-order valence-corrected chi connectivity index (χ1v) is 9.97. The third-order valence-electron chi connectivity index (χ3n) is 6.48. The average Bonchev–Trinajstić information content (AvgIpc) is 3.45. The van der Waals surface area contributed by atoms with Crippen LogP contribution in [0.2, 0.25) is 0 Å². The molecule has 6 nitrogen and oxygen atoms in total. The zero-order valence-electron chi connectivity index (χ0n) is 16.3. The van der Waals surface area contributed by atoms with Crippen molar-refractivity contribution in [3.63, 3.8) is 0 Å². The van der Waals surface area contributed by atoms with E-state index < -0.39 is 0 Å². The molecule has 0 radical (unpaired) electrons. The number of anilines is 1. The van der Waals surface area contributed by atoms with E-state index in [1.807, 2.05) is 27.0 Å². The summed E-state index contributed by atoms with van der Waals surface area (Å²) < 4.78 is 5.68. The first kappa shape index (κ1) is 17.7. The van der Waals surface area contributed by atoms with Crippen LogP contribution < -0.4 is 10.2 Å². The second kappa shape index (κ2) is 6.48. The Morgan fingerprint density at radius 2 is 2.19 bits per heavy atom. The van der Waals surface area contributed by atoms with E-state index in [-0.39, 0.29) is 23.5 Å². The smallest absolute Gasteiger partial charge is 0.226 e. The predicted octanol–water partition coefficient (Wildman–Crippen LogP) is 2.38. The Labute approximate surface area is 155 Å². The van der Waals surface area contributed by atoms with Gasteiger partial charge in [-0.2, -0.15) is 0 Å². The molecule has 3 aliphatic rings. The molecule has 2 aliphatic carbocycles. The minimum atomic E-state index is -0.102. The number of nitrogens with zero attached hydrogens (tertiary/aromatic N) is 3. The van der Waals surface area contributed by atoms with Gasteiger partial charge in [-0.15, -0.1) is 0 Å². The van der Waals surface area contributed by atoms with E-state index in [0.717, 1.165) is 49.4 Å². The summed E-state index contributed by atoms with van der Waals surface area (Å²) in [5.41, 5.74) is 2.04. The van der Waals surface area contributed by atoms with E-state index in [1.165, 1.54) is 0 Å². The Balaban J connectivity index is 1.47. The molecule has 1 aromatic heterocycles. The molecule has 4 unspecified atom stereocenters. The van der Waals surface area contributed by atoms with E-state index in [1.54, 1.807) is 0 Å². The second-order valence-corrected chi connectivity index (χ2v) is 8.24. The summed E-state index contributed by atoms with van der Waals surface area (Å²) in [5, 5.41) is 3.40. The first-order valence-electron chi connectivity index (χ1n) is 9.97. The van der Waals surface area contributed by atoms with Crippen LogP contribution in [0.5, 0.6) is 0 Å². The van der Waals surface area contributed by atoms with Gasteiger partial charge in [0.2, 0.25) is 11.9 Å². The number of aromatic nitrogens is 2. The lowest BCUT2D eigenvalue weighted by atomic mass is 10.0. The van der Waals surface area contributed by atoms with Gasteiger partial charge in [0.1, 0.15) is 0 Å². The Kier molecular flexibility index (Phi) is 4.41. The third-order valence-corrected chi connectivity index (χ3v) is 6.48. The Morgan fingerprint density at radius 3 is 2.85 bits per heavy atom. The first-order chi connectivity index (χ1) is 12.5. The molecule has 0 aromatic carbocycles. The van der Waals surface area contributed by atoms with Crippen molar-refractivity contribution in [1.29, 1.82) is 0 Å². The summed E-state index contributed by atoms with van der Waals surface area (Å²) in [7, 11) is 0. The lowest BCUT2D eigenvalue weighted by Crippen LogP contribution is -2.52. The van der Waals surface area contributed by atoms with Gasteiger partial charge in [0.05, 0.1) is 23.6 Å². The van der Waals surface area contributed by atoms with Crippen LogP contribution in [0.25, 0.3) is 0 Å². The zero-order chi connectivity index (χ0) is 18.5. The molecule has 6 heteroatoms. The molecule has 1 saturated heterocycles. The predicted molar refractivity (Wildman–Crippen MR) is 100 cm³/mol. The maximum atomic E-state index is 12.8. The number of ether oxygens (including phenoxy) is 1. The molecule has 1 aromatic rings. The molecular weight excluding hydrogens is 328 g/mol. The van der Waals surface area contributed by atoms with E-state index in [0.29, 0.717) is 18.6 Å². The minimum absolute atomic E-state index is 0.0140. The lowest BCUT2D eigenvalue weighted by Gasteiger charge is -2.33. The van der Waals surface area contributed by atoms with E-state index in [4.69, 9.17) is 9.72 Å². The maximum absolute atomic E-state index is 12.8. The highest BCUT2D eigenvalue weighted by Crippen LogP contribution is 2.48. The van der Waals surface area contributed by atoms with Gasteiger partial charge in [0, 0.05) is 25.0 Å². The Hall–Kier alpha value is -1.69. The summed E-state index contributed by atoms with van der Waals surface area (Å²) in [6.07, 6.45) is 6.31. The summed E-state index contributed by atoms with van der Waals surface area (Å²) in [6, 6.07) is 0.299. The van der Waals surface area contributed by atoms with Crippen molar-refractivity contribution < 1.29 is 9.53 Å². The Morgan fingerprint density at radius 1 is 1.42 bits per heavy atom. The number of rotatable bonds is 6. The highest BCUT2D eigenvalue weighted by molar-refractivity contribution is 5.84. The molecule has 2 saturated carbocycles. The number of aryl methyl sites for hydroxylation is 2. The van der Waals surface area contributed by atoms with Crippen LogP contribution in [0.3, 0.4) is 0 Å². The molecule has 0 spiro atoms. The van der Waals surface area contributed by atoms with Crippen LogP contribution >= 0.6 is 0 Å². The van der Waals surface area contributed by atoms with E-state index >= 15 is 0 Å². The van der Waals surface area contributed by atoms with Gasteiger partial charge in [-0.05, 0) is 57.9 Å². The quantitative estimate of drug-likeness (QED) is 0.846. The largest absolute Gasteiger partial charge is 0.377 e. The minimum Gasteiger partial charge on any atom is -0.377 e. The number of nitrogens with one attached hydrogen (secondary N) is 1. The van der Waals surface area contributed by atoms with Crippen LogP contribution in [0.15, 0.2) is 6.20 Å². The summed E-state index contributed by atoms with van der Waals surface area (Å²) in [6.45, 7) is 9.80. The number of hydrogen-bond acceptors (Lipinski definition) is 5. The second-order valence-electron chi connectivity index (χ2n) is 8.24. The van der Waals surface area contributed by atoms with E-state index in [9.17, 15) is 4.79 Å². The topological polar surface area (TPSA) is 67.3 Å². The molecule has 4 rings (SSSR count). The highest BCUT2D eigenvalue weighted by Gasteiger charge is 2.59. The molecule has 1 N–H and O–H groups in total. The molecule has 3 fully saturated rings. The molecule has 0 bridgehead atoms. The summed E-state index contributed by atoms with van der Waals surface area (Å²) in [4.78, 5) is 24.4. The molecule has 1 amide bonds. The number of hydrogen-bond donors (Lipinski definition) is 1. The van der Waals surface area contributed by atoms with E-state index in [2.05, 4.69) is 22.1 Å². The van der Waals surface area contributed by atoms with Gasteiger partial charge in [0.25, 0.3) is 0 Å². The van der Waals surface area contributed by atoms with Crippen molar-refractivity contribution in [3.05, 3.63) is 17.5 Å². The fourth-order valence-electron chi connectivity index (χ4n) is 4.50. The van der Waals surface area contributed by atoms with Gasteiger partial charge in [-0.3, -0.25) is 4.79 Å². The molecule has 1 aliphatic heterocycles. The monoisotopic (exact) mass is 358 g/mol. The number of amides is 1. The molecule has 4 atom stereocenters. The van der Waals surface area contributed by atoms with Crippen molar-refractivity contribution in [2.75, 3.05) is 18.1 Å². The van der Waals surface area contributed by atoms with Crippen molar-refractivity contribution in [1.82, 2.24) is 15.3 Å². The molecule has 26 heavy (non-hydrogen) atoms. The Bertz CT molecular complexity index is 703. The fraction of sp³-hybridized carbons (Fsp3) is 0.750. The van der Waals surface area contributed by atoms with Crippen molar-refractivity contribution in [3.8, 4) is 0 Å². The van der Waals surface area contributed by atoms with Crippen LogP contribution in [-0.2, 0) is 9.53 Å². The average molecular weight is 358 g/mol. The van der Waals surface area contributed by atoms with Gasteiger partial charge in [-0.1, -0.05) is 6.92 Å². The fourth-order valence-corrected chi connectivity index (χ4v) is 4.50. The van der Waals surface area contributed by atoms with Crippen molar-refractivity contribution in [2.45, 2.75) is 71.1 Å². The number of carbonyl (C=O) groups is 1. The standard InChI is InChI=1S/C20H30N4O2/c1-5-26-17-13(3)16(17)18(25)23-20(8-9-20)15-7-6-10-24(15)19-21-11-12(2)14(4)22-19/h11,13,15-17H,5-10H2,1-4H3,(H,23,25). The summed E-state index contributed by atoms with van der Waals surface area (Å²) >= 11 is 0. The van der Waals surface area contributed by atoms with Crippen LogP contribution in [0.1, 0.15) is 50.8 Å². The van der Waals surface area contributed by atoms with Gasteiger partial charge < -0.3 is 15.0 Å². The SMILES string of the molecule is CCOC1C(C)C1C(=O)NC1(C2CCCN2c2ncc(C)c(C)n2)CC1. The lowest BCUT2D eigenvalue weighted by molar-refractivity contribution is -0.124. The third kappa shape index (κ3) is 2.98. The maximum Gasteiger partial charge on any atom is 0.226 e. The van der Waals surface area contributed by atoms with Gasteiger partial charge in [-0.25, -0.2) is 9.97 Å². The number of carbonyl (C=O) groups excluding carboxylic acids is 1. The van der Waals surface area contributed by atoms with Gasteiger partial charge in [0.15, 0.2) is 0 Å². The highest BCUT2D eigenvalue weighted by atomic mass is 16.5. The summed E-state index contributed by atoms with van der Waals surface area (Å²) in [5.74, 6) is 1.32. The van der Waals surface area contributed by atoms with Gasteiger partial charge >= 0.3 is 0 Å². The van der Waals surface area contributed by atoms with Crippen molar-refractivity contribution in [2.24, 2.45) is 11.8 Å². The van der Waals surface area contributed by atoms with Crippen LogP contribution in [0, 0.1) is 25.7 Å². The molecular formula is C20H30N4O2. The molecule has 142 valence electrons. The van der Waals surface area contributed by atoms with Crippen molar-refractivity contribution >= 4 is 11.9 Å². The molecule has 2 heterocycles. The normalized spacial score (nSPS) is 31.8. The zero-order valence-corrected chi connectivity index (χ0v) is 16.3. The van der Waals surface area contributed by atoms with Crippen LogP contribution in [0.4, 0.5) is 5.95 Å².